The van der Waals surface area contributed by atoms with Gasteiger partial charge in [-0.25, -0.2) is 4.79 Å². The maximum absolute atomic E-state index is 12.0. The molecule has 1 aliphatic rings. The first-order chi connectivity index (χ1) is 10.7. The van der Waals surface area contributed by atoms with Gasteiger partial charge in [-0.15, -0.1) is 20.4 Å². The van der Waals surface area contributed by atoms with Crippen molar-refractivity contribution in [3.63, 3.8) is 0 Å². The fraction of sp³-hybridized carbons (Fsp3) is 0.571. The maximum Gasteiger partial charge on any atom is 0.369 e. The lowest BCUT2D eigenvalue weighted by molar-refractivity contribution is -0.118. The Labute approximate surface area is 137 Å². The number of rotatable bonds is 4. The molecule has 1 aromatic heterocycles. The molecule has 0 atom stereocenters. The zero-order valence-corrected chi connectivity index (χ0v) is 14.2. The average Bonchev–Trinajstić information content (AvgIpc) is 2.84. The number of ether oxygens (including phenoxy) is 1. The molecule has 1 heterocycles. The van der Waals surface area contributed by atoms with Gasteiger partial charge >= 0.3 is 5.97 Å². The topological polar surface area (TPSA) is 114 Å². The van der Waals surface area contributed by atoms with E-state index in [4.69, 9.17) is 4.74 Å². The van der Waals surface area contributed by atoms with Gasteiger partial charge in [0.15, 0.2) is 11.5 Å². The van der Waals surface area contributed by atoms with E-state index in [0.717, 1.165) is 11.3 Å². The van der Waals surface area contributed by atoms with Crippen LogP contribution in [0.25, 0.3) is 0 Å². The van der Waals surface area contributed by atoms with Crippen LogP contribution in [0.1, 0.15) is 50.3 Å². The van der Waals surface area contributed by atoms with Gasteiger partial charge in [0.05, 0.1) is 6.10 Å². The fourth-order valence-corrected chi connectivity index (χ4v) is 2.64. The Morgan fingerprint density at radius 3 is 2.61 bits per heavy atom. The predicted molar refractivity (Wildman–Crippen MR) is 82.7 cm³/mol. The van der Waals surface area contributed by atoms with Crippen LogP contribution in [0.4, 0.5) is 5.13 Å². The molecule has 1 aromatic rings. The van der Waals surface area contributed by atoms with Gasteiger partial charge in [-0.2, -0.15) is 0 Å². The number of aliphatic hydroxyl groups is 1. The molecule has 0 fully saturated rings. The minimum absolute atomic E-state index is 0.0574. The Balaban J connectivity index is 2.14. The predicted octanol–water partition coefficient (Wildman–Crippen LogP) is 3.35. The molecule has 0 radical (unpaired) electrons. The average molecular weight is 338 g/mol. The van der Waals surface area contributed by atoms with Crippen LogP contribution in [0.5, 0.6) is 0 Å². The van der Waals surface area contributed by atoms with Gasteiger partial charge in [0, 0.05) is 12.8 Å². The molecule has 0 amide bonds. The summed E-state index contributed by atoms with van der Waals surface area (Å²) in [4.78, 5) is 23.7. The summed E-state index contributed by atoms with van der Waals surface area (Å²) < 4.78 is 4.99. The number of carbonyl (C=O) groups is 2. The van der Waals surface area contributed by atoms with Crippen molar-refractivity contribution in [2.45, 2.75) is 46.6 Å². The highest BCUT2D eigenvalue weighted by Crippen LogP contribution is 2.36. The summed E-state index contributed by atoms with van der Waals surface area (Å²) in [6.45, 7) is 7.24. The molecule has 1 aliphatic carbocycles. The van der Waals surface area contributed by atoms with Gasteiger partial charge in [-0.05, 0) is 19.3 Å². The summed E-state index contributed by atoms with van der Waals surface area (Å²) in [6, 6.07) is 0. The van der Waals surface area contributed by atoms with Gasteiger partial charge in [-0.1, -0.05) is 25.2 Å². The highest BCUT2D eigenvalue weighted by molar-refractivity contribution is 7.16. The molecule has 0 spiro atoms. The summed E-state index contributed by atoms with van der Waals surface area (Å²) in [6.07, 6.45) is 0.379. The summed E-state index contributed by atoms with van der Waals surface area (Å²) in [5.74, 6) is -0.943. The highest BCUT2D eigenvalue weighted by Gasteiger charge is 2.33. The van der Waals surface area contributed by atoms with Crippen molar-refractivity contribution >= 4 is 28.2 Å². The molecule has 0 bridgehead atoms. The number of ketones is 1. The Kier molecular flexibility index (Phi) is 4.88. The molecule has 8 nitrogen and oxygen atoms in total. The molecular formula is C14H18N4O4S. The summed E-state index contributed by atoms with van der Waals surface area (Å²) in [5.41, 5.74) is -0.359. The SMILES string of the molecule is CC(C)OC(=O)c1nnc(N=NC2=C(O)CC(C)(C)CC2=O)s1. The molecule has 23 heavy (non-hydrogen) atoms. The minimum atomic E-state index is -0.587. The van der Waals surface area contributed by atoms with Gasteiger partial charge in [0.2, 0.25) is 5.01 Å². The number of nitrogens with zero attached hydrogens (tertiary/aromatic N) is 4. The molecule has 0 aliphatic heterocycles. The zero-order chi connectivity index (χ0) is 17.2. The van der Waals surface area contributed by atoms with Crippen molar-refractivity contribution in [3.8, 4) is 0 Å². The summed E-state index contributed by atoms with van der Waals surface area (Å²) in [7, 11) is 0. The third-order valence-electron chi connectivity index (χ3n) is 2.99. The zero-order valence-electron chi connectivity index (χ0n) is 13.4. The number of hydrogen-bond acceptors (Lipinski definition) is 9. The van der Waals surface area contributed by atoms with Crippen LogP contribution in [0.2, 0.25) is 0 Å². The standard InChI is InChI=1S/C14H18N4O4S/c1-7(2)22-12(21)11-16-18-13(23-11)17-15-10-8(19)5-14(3,4)6-9(10)20/h7,19H,5-6H2,1-4H3. The van der Waals surface area contributed by atoms with Crippen LogP contribution < -0.4 is 0 Å². The molecule has 124 valence electrons. The van der Waals surface area contributed by atoms with Crippen LogP contribution in [-0.2, 0) is 9.53 Å². The van der Waals surface area contributed by atoms with Crippen LogP contribution in [0.3, 0.4) is 0 Å². The largest absolute Gasteiger partial charge is 0.510 e. The van der Waals surface area contributed by atoms with Crippen molar-refractivity contribution in [1.82, 2.24) is 10.2 Å². The number of Topliss-reactive ketones (excluding diaryl/α,β-unsaturated/α-hetero) is 1. The third kappa shape index (κ3) is 4.41. The van der Waals surface area contributed by atoms with E-state index in [1.165, 1.54) is 0 Å². The molecule has 0 saturated heterocycles. The molecule has 0 unspecified atom stereocenters. The summed E-state index contributed by atoms with van der Waals surface area (Å²) >= 11 is 0.901. The van der Waals surface area contributed by atoms with Crippen LogP contribution in [0, 0.1) is 5.41 Å². The van der Waals surface area contributed by atoms with E-state index >= 15 is 0 Å². The van der Waals surface area contributed by atoms with E-state index in [9.17, 15) is 14.7 Å². The first-order valence-corrected chi connectivity index (χ1v) is 7.91. The van der Waals surface area contributed by atoms with E-state index in [1.54, 1.807) is 13.8 Å². The van der Waals surface area contributed by atoms with E-state index < -0.39 is 5.97 Å². The second-order valence-electron chi connectivity index (χ2n) is 6.28. The Bertz CT molecular complexity index is 691. The van der Waals surface area contributed by atoms with E-state index in [2.05, 4.69) is 20.4 Å². The highest BCUT2D eigenvalue weighted by atomic mass is 32.1. The normalized spacial score (nSPS) is 18.0. The number of aliphatic hydroxyl groups excluding tert-OH is 1. The quantitative estimate of drug-likeness (QED) is 0.665. The number of aromatic nitrogens is 2. The van der Waals surface area contributed by atoms with E-state index in [0.29, 0.717) is 6.42 Å². The second kappa shape index (κ2) is 6.53. The van der Waals surface area contributed by atoms with Crippen LogP contribution >= 0.6 is 11.3 Å². The van der Waals surface area contributed by atoms with E-state index in [1.807, 2.05) is 13.8 Å². The van der Waals surface area contributed by atoms with Crippen molar-refractivity contribution in [2.24, 2.45) is 15.6 Å². The number of azo groups is 1. The Hall–Kier alpha value is -2.16. The second-order valence-corrected chi connectivity index (χ2v) is 7.24. The van der Waals surface area contributed by atoms with Gasteiger partial charge in [0.25, 0.3) is 5.13 Å². The smallest absolute Gasteiger partial charge is 0.369 e. The molecule has 0 saturated carbocycles. The molecule has 1 N–H and O–H groups in total. The van der Waals surface area contributed by atoms with E-state index in [-0.39, 0.29) is 45.3 Å². The molecule has 2 rings (SSSR count). The van der Waals surface area contributed by atoms with Crippen molar-refractivity contribution in [1.29, 1.82) is 0 Å². The number of allylic oxidation sites excluding steroid dienone is 2. The van der Waals surface area contributed by atoms with Crippen LogP contribution in [-0.4, -0.2) is 33.2 Å². The maximum atomic E-state index is 12.0. The third-order valence-corrected chi connectivity index (χ3v) is 3.78. The monoisotopic (exact) mass is 338 g/mol. The van der Waals surface area contributed by atoms with Crippen LogP contribution in [0.15, 0.2) is 21.7 Å². The first kappa shape index (κ1) is 17.2. The summed E-state index contributed by atoms with van der Waals surface area (Å²) in [5, 5.41) is 25.0. The lowest BCUT2D eigenvalue weighted by Gasteiger charge is -2.27. The minimum Gasteiger partial charge on any atom is -0.510 e. The fourth-order valence-electron chi connectivity index (χ4n) is 2.09. The Morgan fingerprint density at radius 1 is 1.30 bits per heavy atom. The number of esters is 1. The molecular weight excluding hydrogens is 320 g/mol. The van der Waals surface area contributed by atoms with Gasteiger partial charge in [0.1, 0.15) is 5.76 Å². The van der Waals surface area contributed by atoms with Gasteiger partial charge < -0.3 is 9.84 Å². The van der Waals surface area contributed by atoms with Crippen molar-refractivity contribution in [2.75, 3.05) is 0 Å². The lowest BCUT2D eigenvalue weighted by atomic mass is 9.78. The Morgan fingerprint density at radius 2 is 2.00 bits per heavy atom. The number of hydrogen-bond donors (Lipinski definition) is 1. The van der Waals surface area contributed by atoms with Crippen molar-refractivity contribution < 1.29 is 19.4 Å². The number of carbonyl (C=O) groups excluding carboxylic acids is 2. The molecule has 0 aromatic carbocycles. The lowest BCUT2D eigenvalue weighted by Crippen LogP contribution is -2.25. The molecule has 9 heteroatoms. The first-order valence-electron chi connectivity index (χ1n) is 7.09. The van der Waals surface area contributed by atoms with Crippen molar-refractivity contribution in [3.05, 3.63) is 16.5 Å². The van der Waals surface area contributed by atoms with Gasteiger partial charge in [-0.3, -0.25) is 4.79 Å².